The molecular formula is C29H26N4O3. The third-order valence-electron chi connectivity index (χ3n) is 6.63. The van der Waals surface area contributed by atoms with E-state index in [4.69, 9.17) is 14.2 Å². The monoisotopic (exact) mass is 478 g/mol. The van der Waals surface area contributed by atoms with Gasteiger partial charge in [0, 0.05) is 18.5 Å². The normalized spacial score (nSPS) is 13.9. The molecule has 0 bridgehead atoms. The van der Waals surface area contributed by atoms with E-state index in [9.17, 15) is 4.79 Å². The van der Waals surface area contributed by atoms with Gasteiger partial charge >= 0.3 is 5.76 Å². The number of para-hydroxylation sites is 2. The SMILES string of the molecule is CCCc1nc2c(C)cccc2n1Cc1ccc2c(c1)COc1ccccc1/C2=C/c1noc(=O)[nH]1. The van der Waals surface area contributed by atoms with Crippen molar-refractivity contribution in [1.29, 1.82) is 0 Å². The first-order chi connectivity index (χ1) is 17.6. The number of benzene rings is 3. The molecule has 7 heteroatoms. The maximum Gasteiger partial charge on any atom is 0.439 e. The van der Waals surface area contributed by atoms with Gasteiger partial charge in [-0.3, -0.25) is 9.51 Å². The number of rotatable bonds is 5. The van der Waals surface area contributed by atoms with E-state index in [1.54, 1.807) is 0 Å². The molecule has 0 atom stereocenters. The number of aromatic amines is 1. The highest BCUT2D eigenvalue weighted by Gasteiger charge is 2.21. The lowest BCUT2D eigenvalue weighted by Gasteiger charge is -2.13. The Hall–Kier alpha value is -4.39. The number of nitrogens with one attached hydrogen (secondary N) is 1. The van der Waals surface area contributed by atoms with Crippen LogP contribution in [0, 0.1) is 6.92 Å². The number of fused-ring (bicyclic) bond motifs is 3. The van der Waals surface area contributed by atoms with Gasteiger partial charge < -0.3 is 9.30 Å². The second kappa shape index (κ2) is 9.00. The standard InChI is InChI=1S/C29H26N4O3/c1-3-7-27-31-28-18(2)8-6-10-24(28)33(27)16-19-12-13-21-20(14-19)17-35-25-11-5-4-9-22(25)23(21)15-26-30-29(34)36-32-26/h4-6,8-15H,3,7,16-17H2,1-2H3,(H,30,32,34)/b23-15+. The molecule has 1 N–H and O–H groups in total. The third kappa shape index (κ3) is 3.92. The predicted molar refractivity (Wildman–Crippen MR) is 139 cm³/mol. The van der Waals surface area contributed by atoms with Crippen molar-refractivity contribution in [2.75, 3.05) is 0 Å². The van der Waals surface area contributed by atoms with Crippen molar-refractivity contribution in [1.82, 2.24) is 19.7 Å². The quantitative estimate of drug-likeness (QED) is 0.360. The van der Waals surface area contributed by atoms with Crippen molar-refractivity contribution in [2.24, 2.45) is 0 Å². The van der Waals surface area contributed by atoms with Crippen LogP contribution in [0.15, 0.2) is 70.0 Å². The Morgan fingerprint density at radius 1 is 1.08 bits per heavy atom. The zero-order valence-corrected chi connectivity index (χ0v) is 20.2. The highest BCUT2D eigenvalue weighted by atomic mass is 16.5. The van der Waals surface area contributed by atoms with Crippen LogP contribution in [0.3, 0.4) is 0 Å². The van der Waals surface area contributed by atoms with Crippen molar-refractivity contribution in [3.8, 4) is 5.75 Å². The Balaban J connectivity index is 1.45. The Morgan fingerprint density at radius 2 is 1.97 bits per heavy atom. The lowest BCUT2D eigenvalue weighted by atomic mass is 9.92. The van der Waals surface area contributed by atoms with Crippen LogP contribution in [-0.4, -0.2) is 19.7 Å². The number of hydrogen-bond acceptors (Lipinski definition) is 5. The number of aromatic nitrogens is 4. The Kier molecular flexibility index (Phi) is 5.52. The summed E-state index contributed by atoms with van der Waals surface area (Å²) in [5.74, 6) is 1.68. The van der Waals surface area contributed by atoms with Crippen LogP contribution in [0.2, 0.25) is 0 Å². The summed E-state index contributed by atoms with van der Waals surface area (Å²) in [7, 11) is 0. The van der Waals surface area contributed by atoms with Crippen molar-refractivity contribution >= 4 is 22.7 Å². The van der Waals surface area contributed by atoms with Crippen LogP contribution in [0.5, 0.6) is 5.75 Å². The third-order valence-corrected chi connectivity index (χ3v) is 6.63. The van der Waals surface area contributed by atoms with Crippen LogP contribution < -0.4 is 10.5 Å². The zero-order valence-electron chi connectivity index (χ0n) is 20.2. The molecular weight excluding hydrogens is 452 g/mol. The fraction of sp³-hybridized carbons (Fsp3) is 0.207. The van der Waals surface area contributed by atoms with Crippen LogP contribution >= 0.6 is 0 Å². The van der Waals surface area contributed by atoms with Gasteiger partial charge in [0.2, 0.25) is 0 Å². The molecule has 1 aliphatic heterocycles. The molecule has 0 spiro atoms. The number of imidazole rings is 1. The largest absolute Gasteiger partial charge is 0.488 e. The first-order valence-corrected chi connectivity index (χ1v) is 12.2. The van der Waals surface area contributed by atoms with Gasteiger partial charge in [-0.2, -0.15) is 0 Å². The molecule has 0 saturated carbocycles. The second-order valence-corrected chi connectivity index (χ2v) is 9.12. The molecule has 0 saturated heterocycles. The minimum absolute atomic E-state index is 0.367. The van der Waals surface area contributed by atoms with Crippen molar-refractivity contribution in [2.45, 2.75) is 39.8 Å². The van der Waals surface area contributed by atoms with Crippen LogP contribution in [-0.2, 0) is 19.6 Å². The van der Waals surface area contributed by atoms with Gasteiger partial charge in [-0.25, -0.2) is 9.78 Å². The van der Waals surface area contributed by atoms with Gasteiger partial charge in [0.05, 0.1) is 11.0 Å². The second-order valence-electron chi connectivity index (χ2n) is 9.12. The van der Waals surface area contributed by atoms with E-state index in [0.29, 0.717) is 12.4 Å². The van der Waals surface area contributed by atoms with E-state index >= 15 is 0 Å². The average Bonchev–Trinajstić information content (AvgIpc) is 3.41. The molecule has 2 aromatic heterocycles. The topological polar surface area (TPSA) is 85.9 Å². The summed E-state index contributed by atoms with van der Waals surface area (Å²) in [6, 6.07) is 20.8. The highest BCUT2D eigenvalue weighted by molar-refractivity contribution is 5.93. The summed E-state index contributed by atoms with van der Waals surface area (Å²) in [5, 5.41) is 3.85. The molecule has 0 unspecified atom stereocenters. The molecule has 3 heterocycles. The molecule has 0 fully saturated rings. The predicted octanol–water partition coefficient (Wildman–Crippen LogP) is 5.50. The lowest BCUT2D eigenvalue weighted by Crippen LogP contribution is -2.06. The molecule has 0 radical (unpaired) electrons. The Labute approximate surface area is 208 Å². The Morgan fingerprint density at radius 3 is 2.81 bits per heavy atom. The number of aryl methyl sites for hydroxylation is 2. The summed E-state index contributed by atoms with van der Waals surface area (Å²) in [4.78, 5) is 19.1. The van der Waals surface area contributed by atoms with E-state index in [2.05, 4.69) is 65.0 Å². The van der Waals surface area contributed by atoms with E-state index in [-0.39, 0.29) is 0 Å². The first kappa shape index (κ1) is 22.1. The average molecular weight is 479 g/mol. The summed E-state index contributed by atoms with van der Waals surface area (Å²) in [5.41, 5.74) is 8.56. The number of ether oxygens (including phenoxy) is 1. The van der Waals surface area contributed by atoms with E-state index in [1.807, 2.05) is 30.3 Å². The van der Waals surface area contributed by atoms with Crippen LogP contribution in [0.1, 0.15) is 52.8 Å². The highest BCUT2D eigenvalue weighted by Crippen LogP contribution is 2.38. The van der Waals surface area contributed by atoms with Crippen molar-refractivity contribution < 1.29 is 9.26 Å². The molecule has 180 valence electrons. The van der Waals surface area contributed by atoms with E-state index in [1.165, 1.54) is 11.1 Å². The molecule has 0 amide bonds. The smallest absolute Gasteiger partial charge is 0.439 e. The number of nitrogens with zero attached hydrogens (tertiary/aromatic N) is 3. The maximum atomic E-state index is 11.5. The molecule has 6 rings (SSSR count). The maximum absolute atomic E-state index is 11.5. The molecule has 3 aromatic carbocycles. The lowest BCUT2D eigenvalue weighted by molar-refractivity contribution is 0.307. The van der Waals surface area contributed by atoms with E-state index < -0.39 is 5.76 Å². The first-order valence-electron chi connectivity index (χ1n) is 12.2. The Bertz CT molecular complexity index is 1670. The summed E-state index contributed by atoms with van der Waals surface area (Å²) >= 11 is 0. The summed E-state index contributed by atoms with van der Waals surface area (Å²) in [6.07, 6.45) is 3.81. The number of H-pyrrole nitrogens is 1. The van der Waals surface area contributed by atoms with Gasteiger partial charge in [-0.1, -0.05) is 54.5 Å². The minimum atomic E-state index is -0.582. The van der Waals surface area contributed by atoms with Gasteiger partial charge in [-0.15, -0.1) is 0 Å². The fourth-order valence-electron chi connectivity index (χ4n) is 4.95. The fourth-order valence-corrected chi connectivity index (χ4v) is 4.95. The zero-order chi connectivity index (χ0) is 24.6. The number of hydrogen-bond donors (Lipinski definition) is 1. The van der Waals surface area contributed by atoms with E-state index in [0.717, 1.165) is 64.3 Å². The van der Waals surface area contributed by atoms with Gasteiger partial charge in [0.15, 0.2) is 5.82 Å². The summed E-state index contributed by atoms with van der Waals surface area (Å²) in [6.45, 7) is 5.47. The molecule has 1 aliphatic rings. The molecule has 0 aliphatic carbocycles. The van der Waals surface area contributed by atoms with Crippen LogP contribution in [0.4, 0.5) is 0 Å². The molecule has 5 aromatic rings. The molecule has 36 heavy (non-hydrogen) atoms. The van der Waals surface area contributed by atoms with Crippen molar-refractivity contribution in [3.05, 3.63) is 111 Å². The summed E-state index contributed by atoms with van der Waals surface area (Å²) < 4.78 is 13.3. The van der Waals surface area contributed by atoms with Gasteiger partial charge in [0.25, 0.3) is 0 Å². The minimum Gasteiger partial charge on any atom is -0.488 e. The van der Waals surface area contributed by atoms with Gasteiger partial charge in [0.1, 0.15) is 18.2 Å². The molecule has 7 nitrogen and oxygen atoms in total. The van der Waals surface area contributed by atoms with Gasteiger partial charge in [-0.05, 0) is 65.4 Å². The van der Waals surface area contributed by atoms with Crippen molar-refractivity contribution in [3.63, 3.8) is 0 Å². The van der Waals surface area contributed by atoms with Crippen LogP contribution in [0.25, 0.3) is 22.7 Å².